The molecule has 1 amide bonds. The molecule has 1 N–H and O–H groups in total. The Morgan fingerprint density at radius 2 is 1.86 bits per heavy atom. The van der Waals surface area contributed by atoms with E-state index in [-0.39, 0.29) is 18.7 Å². The van der Waals surface area contributed by atoms with Crippen molar-refractivity contribution in [3.63, 3.8) is 0 Å². The van der Waals surface area contributed by atoms with Crippen LogP contribution in [0, 0.1) is 11.6 Å². The van der Waals surface area contributed by atoms with Gasteiger partial charge in [0.15, 0.2) is 11.6 Å². The zero-order chi connectivity index (χ0) is 25.7. The molecule has 2 heterocycles. The van der Waals surface area contributed by atoms with E-state index in [4.69, 9.17) is 0 Å². The van der Waals surface area contributed by atoms with E-state index >= 15 is 0 Å². The van der Waals surface area contributed by atoms with Crippen LogP contribution in [0.1, 0.15) is 21.5 Å². The summed E-state index contributed by atoms with van der Waals surface area (Å²) in [5, 5.41) is 3.55. The van der Waals surface area contributed by atoms with E-state index in [1.807, 2.05) is 32.3 Å². The van der Waals surface area contributed by atoms with Crippen molar-refractivity contribution in [2.24, 2.45) is 0 Å². The molecule has 2 aromatic carbocycles. The molecular formula is C25H24F2N6O2S. The minimum absolute atomic E-state index is 0.0532. The van der Waals surface area contributed by atoms with Gasteiger partial charge >= 0.3 is 0 Å². The number of benzene rings is 2. The number of nitrogens with one attached hydrogen (secondary N) is 1. The molecule has 0 fully saturated rings. The second kappa shape index (κ2) is 11.4. The van der Waals surface area contributed by atoms with Gasteiger partial charge in [0.25, 0.3) is 11.5 Å². The van der Waals surface area contributed by atoms with E-state index in [1.165, 1.54) is 23.2 Å². The first-order valence-corrected chi connectivity index (χ1v) is 12.1. The third-order valence-electron chi connectivity index (χ3n) is 5.31. The van der Waals surface area contributed by atoms with Crippen LogP contribution in [0.2, 0.25) is 0 Å². The molecule has 36 heavy (non-hydrogen) atoms. The molecule has 0 spiro atoms. The zero-order valence-corrected chi connectivity index (χ0v) is 20.6. The molecule has 0 saturated heterocycles. The summed E-state index contributed by atoms with van der Waals surface area (Å²) >= 11 is 1.62. The van der Waals surface area contributed by atoms with Crippen LogP contribution >= 0.6 is 11.8 Å². The SMILES string of the molecule is CN(C)CCSc1cnc2ccc(CNC(=O)c3cncn(Cc4ccc(F)c(F)c4)c3=O)cc2n1. The number of carbonyl (C=O) groups is 1. The van der Waals surface area contributed by atoms with Gasteiger partial charge in [0.1, 0.15) is 10.6 Å². The third kappa shape index (κ3) is 6.29. The quantitative estimate of drug-likeness (QED) is 0.346. The van der Waals surface area contributed by atoms with Crippen molar-refractivity contribution >= 4 is 28.7 Å². The Hall–Kier alpha value is -3.70. The highest BCUT2D eigenvalue weighted by Crippen LogP contribution is 2.19. The first kappa shape index (κ1) is 25.4. The molecule has 0 aliphatic rings. The largest absolute Gasteiger partial charge is 0.348 e. The second-order valence-electron chi connectivity index (χ2n) is 8.35. The van der Waals surface area contributed by atoms with Crippen LogP contribution in [0.4, 0.5) is 8.78 Å². The molecule has 2 aromatic heterocycles. The zero-order valence-electron chi connectivity index (χ0n) is 19.7. The van der Waals surface area contributed by atoms with Crippen molar-refractivity contribution in [2.45, 2.75) is 18.1 Å². The number of thioether (sulfide) groups is 1. The van der Waals surface area contributed by atoms with Gasteiger partial charge in [0.2, 0.25) is 0 Å². The Morgan fingerprint density at radius 3 is 2.64 bits per heavy atom. The summed E-state index contributed by atoms with van der Waals surface area (Å²) in [6.45, 7) is 1.04. The lowest BCUT2D eigenvalue weighted by Gasteiger charge is -2.10. The lowest BCUT2D eigenvalue weighted by atomic mass is 10.2. The number of rotatable bonds is 9. The summed E-state index contributed by atoms with van der Waals surface area (Å²) in [7, 11) is 4.03. The summed E-state index contributed by atoms with van der Waals surface area (Å²) in [6.07, 6.45) is 4.18. The van der Waals surface area contributed by atoms with Crippen molar-refractivity contribution in [3.8, 4) is 0 Å². The molecule has 4 aromatic rings. The van der Waals surface area contributed by atoms with Gasteiger partial charge in [-0.2, -0.15) is 0 Å². The molecule has 8 nitrogen and oxygen atoms in total. The van der Waals surface area contributed by atoms with Crippen LogP contribution in [-0.4, -0.2) is 56.7 Å². The van der Waals surface area contributed by atoms with Crippen molar-refractivity contribution in [3.05, 3.63) is 93.8 Å². The molecule has 0 atom stereocenters. The number of amides is 1. The molecule has 0 aliphatic heterocycles. The summed E-state index contributed by atoms with van der Waals surface area (Å²) in [5.41, 5.74) is 1.89. The number of halogens is 2. The van der Waals surface area contributed by atoms with Crippen LogP contribution in [0.25, 0.3) is 11.0 Å². The lowest BCUT2D eigenvalue weighted by Crippen LogP contribution is -2.33. The number of aromatic nitrogens is 4. The Kier molecular flexibility index (Phi) is 8.01. The average Bonchev–Trinajstić information content (AvgIpc) is 2.85. The fraction of sp³-hybridized carbons (Fsp3) is 0.240. The van der Waals surface area contributed by atoms with Gasteiger partial charge in [-0.05, 0) is 49.5 Å². The second-order valence-corrected chi connectivity index (χ2v) is 9.47. The average molecular weight is 511 g/mol. The predicted molar refractivity (Wildman–Crippen MR) is 134 cm³/mol. The van der Waals surface area contributed by atoms with E-state index in [2.05, 4.69) is 25.2 Å². The smallest absolute Gasteiger partial charge is 0.266 e. The topological polar surface area (TPSA) is 93.0 Å². The van der Waals surface area contributed by atoms with E-state index in [0.29, 0.717) is 11.1 Å². The lowest BCUT2D eigenvalue weighted by molar-refractivity contribution is 0.0948. The first-order valence-electron chi connectivity index (χ1n) is 11.1. The monoisotopic (exact) mass is 510 g/mol. The van der Waals surface area contributed by atoms with Crippen LogP contribution in [0.3, 0.4) is 0 Å². The number of hydrogen-bond acceptors (Lipinski definition) is 7. The highest BCUT2D eigenvalue weighted by Gasteiger charge is 2.14. The molecule has 0 saturated carbocycles. The van der Waals surface area contributed by atoms with Crippen molar-refractivity contribution in [1.29, 1.82) is 0 Å². The highest BCUT2D eigenvalue weighted by molar-refractivity contribution is 7.99. The molecule has 0 bridgehead atoms. The molecular weight excluding hydrogens is 486 g/mol. The van der Waals surface area contributed by atoms with Crippen LogP contribution in [0.15, 0.2) is 64.9 Å². The maximum absolute atomic E-state index is 13.5. The van der Waals surface area contributed by atoms with Crippen molar-refractivity contribution < 1.29 is 13.6 Å². The highest BCUT2D eigenvalue weighted by atomic mass is 32.2. The normalized spacial score (nSPS) is 11.2. The fourth-order valence-electron chi connectivity index (χ4n) is 3.38. The van der Waals surface area contributed by atoms with Crippen LogP contribution in [0.5, 0.6) is 0 Å². The Bertz CT molecular complexity index is 1460. The molecule has 0 radical (unpaired) electrons. The standard InChI is InChI=1S/C25H24F2N6O2S/c1-32(2)7-8-36-23-13-29-21-6-4-16(10-22(21)31-23)11-30-24(34)18-12-28-15-33(25(18)35)14-17-3-5-19(26)20(27)9-17/h3-6,9-10,12-13,15H,7-8,11,14H2,1-2H3,(H,30,34). The summed E-state index contributed by atoms with van der Waals surface area (Å²) in [5.74, 6) is -1.69. The summed E-state index contributed by atoms with van der Waals surface area (Å²) in [4.78, 5) is 40.7. The van der Waals surface area contributed by atoms with Gasteiger partial charge in [-0.15, -0.1) is 11.8 Å². The van der Waals surface area contributed by atoms with Crippen LogP contribution < -0.4 is 10.9 Å². The minimum Gasteiger partial charge on any atom is -0.348 e. The fourth-order valence-corrected chi connectivity index (χ4v) is 4.34. The van der Waals surface area contributed by atoms with Crippen LogP contribution in [-0.2, 0) is 13.1 Å². The summed E-state index contributed by atoms with van der Waals surface area (Å²) in [6, 6.07) is 8.87. The Morgan fingerprint density at radius 1 is 1.06 bits per heavy atom. The van der Waals surface area contributed by atoms with E-state index in [1.54, 1.807) is 18.0 Å². The maximum Gasteiger partial charge on any atom is 0.266 e. The van der Waals surface area contributed by atoms with Crippen molar-refractivity contribution in [1.82, 2.24) is 29.7 Å². The van der Waals surface area contributed by atoms with Gasteiger partial charge in [-0.3, -0.25) is 19.1 Å². The van der Waals surface area contributed by atoms with Gasteiger partial charge in [-0.25, -0.2) is 18.7 Å². The van der Waals surface area contributed by atoms with E-state index in [0.717, 1.165) is 40.5 Å². The molecule has 11 heteroatoms. The third-order valence-corrected chi connectivity index (χ3v) is 6.19. The Labute approximate surface area is 210 Å². The van der Waals surface area contributed by atoms with Gasteiger partial charge in [0, 0.05) is 25.0 Å². The number of carbonyl (C=O) groups excluding carboxylic acids is 1. The predicted octanol–water partition coefficient (Wildman–Crippen LogP) is 3.10. The minimum atomic E-state index is -1.01. The summed E-state index contributed by atoms with van der Waals surface area (Å²) < 4.78 is 27.8. The van der Waals surface area contributed by atoms with E-state index in [9.17, 15) is 18.4 Å². The first-order chi connectivity index (χ1) is 17.3. The number of fused-ring (bicyclic) bond motifs is 1. The van der Waals surface area contributed by atoms with E-state index < -0.39 is 23.1 Å². The number of hydrogen-bond donors (Lipinski definition) is 1. The van der Waals surface area contributed by atoms with Crippen molar-refractivity contribution in [2.75, 3.05) is 26.4 Å². The molecule has 0 unspecified atom stereocenters. The molecule has 186 valence electrons. The van der Waals surface area contributed by atoms with Gasteiger partial charge in [-0.1, -0.05) is 12.1 Å². The Balaban J connectivity index is 1.44. The molecule has 4 rings (SSSR count). The maximum atomic E-state index is 13.5. The van der Waals surface area contributed by atoms with Gasteiger partial charge in [0.05, 0.1) is 30.1 Å². The molecule has 0 aliphatic carbocycles. The van der Waals surface area contributed by atoms with Gasteiger partial charge < -0.3 is 10.2 Å². The number of nitrogens with zero attached hydrogens (tertiary/aromatic N) is 5.